The molecule has 7 nitrogen and oxygen atoms in total. The molecule has 0 spiro atoms. The second-order valence-corrected chi connectivity index (χ2v) is 5.33. The SMILES string of the molecule is CCCNc1ccc([N+](=O)[O-])c(NCCc2nccs2)n1. The van der Waals surface area contributed by atoms with E-state index < -0.39 is 4.92 Å². The first-order valence-corrected chi connectivity index (χ1v) is 7.60. The predicted molar refractivity (Wildman–Crippen MR) is 84.0 cm³/mol. The van der Waals surface area contributed by atoms with Crippen LogP contribution in [-0.2, 0) is 6.42 Å². The highest BCUT2D eigenvalue weighted by molar-refractivity contribution is 7.09. The lowest BCUT2D eigenvalue weighted by molar-refractivity contribution is -0.384. The van der Waals surface area contributed by atoms with Crippen LogP contribution in [0.5, 0.6) is 0 Å². The van der Waals surface area contributed by atoms with Crippen LogP contribution in [0.4, 0.5) is 17.3 Å². The molecule has 2 aromatic rings. The number of nitrogens with one attached hydrogen (secondary N) is 2. The van der Waals surface area contributed by atoms with E-state index in [1.54, 1.807) is 23.6 Å². The van der Waals surface area contributed by atoms with E-state index in [0.717, 1.165) is 18.0 Å². The standard InChI is InChI=1S/C13H17N5O2S/c1-2-6-14-11-4-3-10(18(19)20)13(17-11)16-7-5-12-15-8-9-21-12/h3-4,8-9H,2,5-7H2,1H3,(H2,14,16,17). The van der Waals surface area contributed by atoms with Gasteiger partial charge in [0.25, 0.3) is 0 Å². The normalized spacial score (nSPS) is 10.3. The number of aromatic nitrogens is 2. The molecule has 0 fully saturated rings. The maximum Gasteiger partial charge on any atom is 0.311 e. The minimum atomic E-state index is -0.428. The molecule has 112 valence electrons. The van der Waals surface area contributed by atoms with Gasteiger partial charge in [0.15, 0.2) is 0 Å². The van der Waals surface area contributed by atoms with Crippen LogP contribution in [0.3, 0.4) is 0 Å². The highest BCUT2D eigenvalue weighted by atomic mass is 32.1. The van der Waals surface area contributed by atoms with Gasteiger partial charge >= 0.3 is 5.69 Å². The third kappa shape index (κ3) is 4.38. The third-order valence-electron chi connectivity index (χ3n) is 2.74. The van der Waals surface area contributed by atoms with Crippen LogP contribution in [0.1, 0.15) is 18.4 Å². The van der Waals surface area contributed by atoms with E-state index in [4.69, 9.17) is 0 Å². The number of pyridine rings is 1. The fourth-order valence-electron chi connectivity index (χ4n) is 1.75. The Hall–Kier alpha value is -2.22. The number of hydrogen-bond acceptors (Lipinski definition) is 7. The van der Waals surface area contributed by atoms with Crippen molar-refractivity contribution in [3.63, 3.8) is 0 Å². The van der Waals surface area contributed by atoms with Gasteiger partial charge in [-0.3, -0.25) is 10.1 Å². The number of rotatable bonds is 8. The molecule has 0 bridgehead atoms. The molecule has 0 unspecified atom stereocenters. The average molecular weight is 307 g/mol. The zero-order valence-electron chi connectivity index (χ0n) is 11.7. The van der Waals surface area contributed by atoms with Crippen molar-refractivity contribution in [1.82, 2.24) is 9.97 Å². The number of nitro groups is 1. The molecule has 0 radical (unpaired) electrons. The van der Waals surface area contributed by atoms with Gasteiger partial charge in [0.05, 0.1) is 9.93 Å². The molecule has 2 N–H and O–H groups in total. The van der Waals surface area contributed by atoms with Gasteiger partial charge < -0.3 is 10.6 Å². The van der Waals surface area contributed by atoms with Crippen LogP contribution >= 0.6 is 11.3 Å². The van der Waals surface area contributed by atoms with Gasteiger partial charge in [-0.05, 0) is 12.5 Å². The zero-order chi connectivity index (χ0) is 15.1. The average Bonchev–Trinajstić information content (AvgIpc) is 2.98. The number of nitrogens with zero attached hydrogens (tertiary/aromatic N) is 3. The van der Waals surface area contributed by atoms with Gasteiger partial charge in [-0.1, -0.05) is 6.92 Å². The van der Waals surface area contributed by atoms with Crippen molar-refractivity contribution in [2.45, 2.75) is 19.8 Å². The lowest BCUT2D eigenvalue weighted by atomic mass is 10.3. The molecule has 0 aliphatic rings. The molecule has 0 saturated carbocycles. The Kier molecular flexibility index (Phi) is 5.44. The van der Waals surface area contributed by atoms with Crippen LogP contribution in [0, 0.1) is 10.1 Å². The molecule has 8 heteroatoms. The van der Waals surface area contributed by atoms with E-state index in [0.29, 0.717) is 18.8 Å². The molecule has 0 saturated heterocycles. The van der Waals surface area contributed by atoms with E-state index in [1.807, 2.05) is 12.3 Å². The summed E-state index contributed by atoms with van der Waals surface area (Å²) >= 11 is 1.57. The summed E-state index contributed by atoms with van der Waals surface area (Å²) in [5, 5.41) is 20.1. The first kappa shape index (κ1) is 15.2. The lowest BCUT2D eigenvalue weighted by Gasteiger charge is -2.08. The molecule has 0 aliphatic heterocycles. The summed E-state index contributed by atoms with van der Waals surface area (Å²) in [7, 11) is 0. The van der Waals surface area contributed by atoms with E-state index in [2.05, 4.69) is 20.6 Å². The number of thiazole rings is 1. The Morgan fingerprint density at radius 2 is 2.19 bits per heavy atom. The molecule has 2 heterocycles. The first-order valence-electron chi connectivity index (χ1n) is 6.72. The monoisotopic (exact) mass is 307 g/mol. The number of hydrogen-bond donors (Lipinski definition) is 2. The quantitative estimate of drug-likeness (QED) is 0.575. The minimum absolute atomic E-state index is 0.0174. The topological polar surface area (TPSA) is 93.0 Å². The van der Waals surface area contributed by atoms with Gasteiger partial charge in [0.1, 0.15) is 5.82 Å². The van der Waals surface area contributed by atoms with Gasteiger partial charge in [-0.25, -0.2) is 9.97 Å². The van der Waals surface area contributed by atoms with Crippen molar-refractivity contribution < 1.29 is 4.92 Å². The zero-order valence-corrected chi connectivity index (χ0v) is 12.5. The second-order valence-electron chi connectivity index (χ2n) is 4.35. The minimum Gasteiger partial charge on any atom is -0.370 e. The van der Waals surface area contributed by atoms with Crippen molar-refractivity contribution in [1.29, 1.82) is 0 Å². The molecular formula is C13H17N5O2S. The summed E-state index contributed by atoms with van der Waals surface area (Å²) in [5.74, 6) is 0.928. The number of anilines is 2. The highest BCUT2D eigenvalue weighted by Crippen LogP contribution is 2.24. The van der Waals surface area contributed by atoms with Crippen molar-refractivity contribution in [2.24, 2.45) is 0 Å². The van der Waals surface area contributed by atoms with Crippen molar-refractivity contribution in [3.8, 4) is 0 Å². The van der Waals surface area contributed by atoms with Crippen molar-refractivity contribution >= 4 is 28.7 Å². The fourth-order valence-corrected chi connectivity index (χ4v) is 2.37. The summed E-state index contributed by atoms with van der Waals surface area (Å²) in [5.41, 5.74) is -0.0174. The van der Waals surface area contributed by atoms with Gasteiger partial charge in [-0.2, -0.15) is 0 Å². The molecule has 0 atom stereocenters. The summed E-state index contributed by atoms with van der Waals surface area (Å²) in [6, 6.07) is 3.09. The summed E-state index contributed by atoms with van der Waals surface area (Å²) in [6.45, 7) is 3.38. The summed E-state index contributed by atoms with van der Waals surface area (Å²) < 4.78 is 0. The van der Waals surface area contributed by atoms with Crippen molar-refractivity contribution in [2.75, 3.05) is 23.7 Å². The maximum absolute atomic E-state index is 11.0. The fraction of sp³-hybridized carbons (Fsp3) is 0.385. The Morgan fingerprint density at radius 3 is 2.86 bits per heavy atom. The smallest absolute Gasteiger partial charge is 0.311 e. The Labute approximate surface area is 126 Å². The predicted octanol–water partition coefficient (Wildman–Crippen LogP) is 2.92. The molecule has 0 amide bonds. The largest absolute Gasteiger partial charge is 0.370 e. The molecule has 2 aromatic heterocycles. The molecular weight excluding hydrogens is 290 g/mol. The van der Waals surface area contributed by atoms with Crippen LogP contribution in [0.25, 0.3) is 0 Å². The van der Waals surface area contributed by atoms with Gasteiger partial charge in [0, 0.05) is 37.2 Å². The molecule has 0 aliphatic carbocycles. The Morgan fingerprint density at radius 1 is 1.33 bits per heavy atom. The van der Waals surface area contributed by atoms with E-state index in [-0.39, 0.29) is 11.5 Å². The van der Waals surface area contributed by atoms with Crippen molar-refractivity contribution in [3.05, 3.63) is 38.8 Å². The second kappa shape index (κ2) is 7.53. The van der Waals surface area contributed by atoms with Crippen LogP contribution in [0.2, 0.25) is 0 Å². The van der Waals surface area contributed by atoms with Crippen LogP contribution in [-0.4, -0.2) is 28.0 Å². The molecule has 21 heavy (non-hydrogen) atoms. The third-order valence-corrected chi connectivity index (χ3v) is 3.58. The van der Waals surface area contributed by atoms with Gasteiger partial charge in [0.2, 0.25) is 5.82 Å². The summed E-state index contributed by atoms with van der Waals surface area (Å²) in [6.07, 6.45) is 3.42. The van der Waals surface area contributed by atoms with E-state index >= 15 is 0 Å². The Balaban J connectivity index is 2.04. The molecule has 2 rings (SSSR count). The first-order chi connectivity index (χ1) is 10.2. The van der Waals surface area contributed by atoms with Crippen LogP contribution in [0.15, 0.2) is 23.7 Å². The lowest BCUT2D eigenvalue weighted by Crippen LogP contribution is -2.10. The maximum atomic E-state index is 11.0. The molecule has 0 aromatic carbocycles. The Bertz CT molecular complexity index is 588. The van der Waals surface area contributed by atoms with E-state index in [9.17, 15) is 10.1 Å². The highest BCUT2D eigenvalue weighted by Gasteiger charge is 2.15. The van der Waals surface area contributed by atoms with Crippen LogP contribution < -0.4 is 10.6 Å². The summed E-state index contributed by atoms with van der Waals surface area (Å²) in [4.78, 5) is 19.0. The van der Waals surface area contributed by atoms with E-state index in [1.165, 1.54) is 6.07 Å². The van der Waals surface area contributed by atoms with Gasteiger partial charge in [-0.15, -0.1) is 11.3 Å².